The van der Waals surface area contributed by atoms with E-state index >= 15 is 8.78 Å². The van der Waals surface area contributed by atoms with Crippen LogP contribution in [-0.2, 0) is 11.2 Å². The molecule has 44 heavy (non-hydrogen) atoms. The Bertz CT molecular complexity index is 1840. The Morgan fingerprint density at radius 3 is 2.61 bits per heavy atom. The minimum atomic E-state index is -0.757. The first-order valence-electron chi connectivity index (χ1n) is 14.3. The number of carbonyl (C=O) groups excluding carboxylic acids is 1. The molecule has 3 aromatic heterocycles. The first-order valence-corrected chi connectivity index (χ1v) is 15.5. The fourth-order valence-corrected chi connectivity index (χ4v) is 6.27. The van der Waals surface area contributed by atoms with E-state index in [9.17, 15) is 9.59 Å². The SMILES string of the molecule is C=CC(=O)N1CCN(c2nc(=O)n(-c3c(C)ccnc3CC(C)C)c3nc(-c4c(F)cccc4SC)c(F)cc23)C(C=C)C1. The van der Waals surface area contributed by atoms with Crippen molar-refractivity contribution in [2.45, 2.75) is 38.1 Å². The Hall–Kier alpha value is -4.38. The van der Waals surface area contributed by atoms with Crippen LogP contribution >= 0.6 is 11.8 Å². The molecule has 0 spiro atoms. The number of benzene rings is 1. The minimum absolute atomic E-state index is 0.0163. The second-order valence-electron chi connectivity index (χ2n) is 11.1. The molecule has 0 radical (unpaired) electrons. The largest absolute Gasteiger partial charge is 0.355 e. The van der Waals surface area contributed by atoms with Crippen LogP contribution in [0.3, 0.4) is 0 Å². The van der Waals surface area contributed by atoms with E-state index in [1.54, 1.807) is 41.6 Å². The van der Waals surface area contributed by atoms with Gasteiger partial charge in [-0.1, -0.05) is 32.6 Å². The Balaban J connectivity index is 1.85. The molecule has 228 valence electrons. The summed E-state index contributed by atoms with van der Waals surface area (Å²) < 4.78 is 32.8. The number of hydrogen-bond acceptors (Lipinski definition) is 7. The third kappa shape index (κ3) is 5.63. The van der Waals surface area contributed by atoms with Crippen molar-refractivity contribution in [3.63, 3.8) is 0 Å². The number of fused-ring (bicyclic) bond motifs is 1. The predicted octanol–water partition coefficient (Wildman–Crippen LogP) is 5.74. The molecule has 1 amide bonds. The molecule has 1 atom stereocenters. The van der Waals surface area contributed by atoms with Crippen LogP contribution in [0.15, 0.2) is 71.5 Å². The number of anilines is 1. The number of amides is 1. The van der Waals surface area contributed by atoms with Crippen molar-refractivity contribution >= 4 is 34.5 Å². The van der Waals surface area contributed by atoms with E-state index in [2.05, 4.69) is 37.0 Å². The third-order valence-corrected chi connectivity index (χ3v) is 8.49. The highest BCUT2D eigenvalue weighted by Gasteiger charge is 2.31. The molecule has 1 fully saturated rings. The van der Waals surface area contributed by atoms with E-state index in [-0.39, 0.29) is 46.5 Å². The molecule has 1 aromatic carbocycles. The summed E-state index contributed by atoms with van der Waals surface area (Å²) in [7, 11) is 0. The van der Waals surface area contributed by atoms with E-state index in [1.165, 1.54) is 34.5 Å². The van der Waals surface area contributed by atoms with Crippen molar-refractivity contribution in [1.82, 2.24) is 24.4 Å². The zero-order valence-electron chi connectivity index (χ0n) is 25.2. The van der Waals surface area contributed by atoms with Gasteiger partial charge in [0.25, 0.3) is 0 Å². The topological polar surface area (TPSA) is 84.2 Å². The van der Waals surface area contributed by atoms with E-state index in [0.717, 1.165) is 5.56 Å². The van der Waals surface area contributed by atoms with Crippen molar-refractivity contribution in [3.05, 3.63) is 95.2 Å². The summed E-state index contributed by atoms with van der Waals surface area (Å²) in [5, 5.41) is 0.266. The standard InChI is InChI=1S/C33H34F2N6O2S/c1-7-21-18-39(27(42)8-2)14-15-40(21)31-22-17-24(35)29(28-23(34)10-9-11-26(28)44-6)37-32(22)41(33(43)38-31)30-20(5)12-13-36-25(30)16-19(3)4/h7-13,17,19,21H,1-2,14-16,18H2,3-6H3. The predicted molar refractivity (Wildman–Crippen MR) is 171 cm³/mol. The molecular formula is C33H34F2N6O2S. The molecule has 0 aliphatic carbocycles. The summed E-state index contributed by atoms with van der Waals surface area (Å²) >= 11 is 1.27. The number of rotatable bonds is 8. The number of aromatic nitrogens is 4. The van der Waals surface area contributed by atoms with Gasteiger partial charge in [-0.3, -0.25) is 9.78 Å². The van der Waals surface area contributed by atoms with Crippen molar-refractivity contribution in [2.24, 2.45) is 5.92 Å². The zero-order chi connectivity index (χ0) is 31.7. The molecule has 4 heterocycles. The van der Waals surface area contributed by atoms with Gasteiger partial charge in [0, 0.05) is 30.7 Å². The number of thioether (sulfide) groups is 1. The lowest BCUT2D eigenvalue weighted by Gasteiger charge is -2.40. The molecule has 0 saturated carbocycles. The van der Waals surface area contributed by atoms with Gasteiger partial charge in [0.05, 0.1) is 28.4 Å². The van der Waals surface area contributed by atoms with E-state index in [4.69, 9.17) is 4.98 Å². The van der Waals surface area contributed by atoms with Gasteiger partial charge >= 0.3 is 5.69 Å². The van der Waals surface area contributed by atoms with Crippen molar-refractivity contribution in [1.29, 1.82) is 0 Å². The smallest absolute Gasteiger partial charge is 0.346 e. The maximum absolute atomic E-state index is 16.1. The Morgan fingerprint density at radius 2 is 1.93 bits per heavy atom. The summed E-state index contributed by atoms with van der Waals surface area (Å²) in [4.78, 5) is 44.2. The lowest BCUT2D eigenvalue weighted by atomic mass is 10.0. The van der Waals surface area contributed by atoms with E-state index in [0.29, 0.717) is 35.8 Å². The van der Waals surface area contributed by atoms with Gasteiger partial charge in [0.2, 0.25) is 5.91 Å². The van der Waals surface area contributed by atoms with Crippen LogP contribution in [0, 0.1) is 24.5 Å². The molecule has 5 rings (SSSR count). The summed E-state index contributed by atoms with van der Waals surface area (Å²) in [5.74, 6) is -1.17. The molecule has 1 saturated heterocycles. The lowest BCUT2D eigenvalue weighted by molar-refractivity contribution is -0.126. The highest BCUT2D eigenvalue weighted by molar-refractivity contribution is 7.98. The van der Waals surface area contributed by atoms with Gasteiger partial charge in [-0.15, -0.1) is 18.3 Å². The summed E-state index contributed by atoms with van der Waals surface area (Å²) in [6.45, 7) is 14.4. The molecule has 1 unspecified atom stereocenters. The molecule has 1 aliphatic rings. The highest BCUT2D eigenvalue weighted by atomic mass is 32.2. The van der Waals surface area contributed by atoms with Crippen LogP contribution in [-0.4, -0.2) is 62.3 Å². The van der Waals surface area contributed by atoms with Crippen LogP contribution < -0.4 is 10.6 Å². The van der Waals surface area contributed by atoms with Crippen LogP contribution in [0.25, 0.3) is 28.0 Å². The highest BCUT2D eigenvalue weighted by Crippen LogP contribution is 2.37. The second-order valence-corrected chi connectivity index (χ2v) is 11.9. The average molecular weight is 617 g/mol. The van der Waals surface area contributed by atoms with E-state index in [1.807, 2.05) is 11.8 Å². The van der Waals surface area contributed by atoms with Crippen molar-refractivity contribution < 1.29 is 13.6 Å². The quantitative estimate of drug-likeness (QED) is 0.142. The van der Waals surface area contributed by atoms with Crippen LogP contribution in [0.1, 0.15) is 25.1 Å². The zero-order valence-corrected chi connectivity index (χ0v) is 26.0. The van der Waals surface area contributed by atoms with Crippen LogP contribution in [0.2, 0.25) is 0 Å². The summed E-state index contributed by atoms with van der Waals surface area (Å²) in [6.07, 6.45) is 6.95. The first kappa shape index (κ1) is 31.1. The van der Waals surface area contributed by atoms with Crippen LogP contribution in [0.4, 0.5) is 14.6 Å². The number of nitrogens with zero attached hydrogens (tertiary/aromatic N) is 6. The van der Waals surface area contributed by atoms with Crippen molar-refractivity contribution in [2.75, 3.05) is 30.8 Å². The minimum Gasteiger partial charge on any atom is -0.346 e. The maximum Gasteiger partial charge on any atom is 0.355 e. The number of hydrogen-bond donors (Lipinski definition) is 0. The van der Waals surface area contributed by atoms with Gasteiger partial charge in [-0.2, -0.15) is 4.98 Å². The Labute approximate surface area is 259 Å². The van der Waals surface area contributed by atoms with Gasteiger partial charge in [-0.25, -0.2) is 23.1 Å². The number of pyridine rings is 2. The maximum atomic E-state index is 16.1. The molecule has 0 N–H and O–H groups in total. The Kier molecular flexibility index (Phi) is 8.96. The van der Waals surface area contributed by atoms with Crippen LogP contribution in [0.5, 0.6) is 0 Å². The Morgan fingerprint density at radius 1 is 1.16 bits per heavy atom. The number of aryl methyl sites for hydroxylation is 1. The molecule has 11 heteroatoms. The van der Waals surface area contributed by atoms with E-state index < -0.39 is 23.4 Å². The monoisotopic (exact) mass is 616 g/mol. The molecular weight excluding hydrogens is 582 g/mol. The van der Waals surface area contributed by atoms with Crippen molar-refractivity contribution in [3.8, 4) is 16.9 Å². The molecule has 4 aromatic rings. The summed E-state index contributed by atoms with van der Waals surface area (Å²) in [5.41, 5.74) is 1.24. The fourth-order valence-electron chi connectivity index (χ4n) is 5.66. The molecule has 8 nitrogen and oxygen atoms in total. The third-order valence-electron chi connectivity index (χ3n) is 7.71. The normalized spacial score (nSPS) is 15.2. The number of piperazine rings is 1. The van der Waals surface area contributed by atoms with Gasteiger partial charge in [0.15, 0.2) is 11.5 Å². The number of carbonyl (C=O) groups is 1. The summed E-state index contributed by atoms with van der Waals surface area (Å²) in [6, 6.07) is 7.15. The van der Waals surface area contributed by atoms with Gasteiger partial charge in [0.1, 0.15) is 17.3 Å². The fraction of sp³-hybridized carbons (Fsp3) is 0.303. The second kappa shape index (κ2) is 12.7. The number of halogens is 2. The van der Waals surface area contributed by atoms with Gasteiger partial charge in [-0.05, 0) is 61.4 Å². The van der Waals surface area contributed by atoms with Gasteiger partial charge < -0.3 is 9.80 Å². The average Bonchev–Trinajstić information content (AvgIpc) is 3.00. The first-order chi connectivity index (χ1) is 21.1. The molecule has 0 bridgehead atoms. The molecule has 1 aliphatic heterocycles. The lowest BCUT2D eigenvalue weighted by Crippen LogP contribution is -2.54.